The number of hydrogen-bond acceptors (Lipinski definition) is 3. The second kappa shape index (κ2) is 8.05. The van der Waals surface area contributed by atoms with E-state index in [1.807, 2.05) is 0 Å². The van der Waals surface area contributed by atoms with Crippen molar-refractivity contribution in [1.82, 2.24) is 4.98 Å². The molecule has 0 atom stereocenters. The van der Waals surface area contributed by atoms with Crippen molar-refractivity contribution in [3.05, 3.63) is 82.5 Å². The average molecular weight is 400 g/mol. The largest absolute Gasteiger partial charge is 0.418 e. The topological polar surface area (TPSA) is 62.2 Å². The summed E-state index contributed by atoms with van der Waals surface area (Å²) < 4.78 is 40.5. The molecule has 0 aliphatic heterocycles. The summed E-state index contributed by atoms with van der Waals surface area (Å²) in [4.78, 5) is 16.8. The van der Waals surface area contributed by atoms with Crippen LogP contribution >= 0.6 is 0 Å². The lowest BCUT2D eigenvalue weighted by atomic mass is 10.0. The van der Waals surface area contributed by atoms with Crippen LogP contribution in [0.2, 0.25) is 0 Å². The number of carbonyl (C=O) groups excluding carboxylic acids is 1. The normalized spacial score (nSPS) is 11.4. The van der Waals surface area contributed by atoms with Crippen molar-refractivity contribution in [1.29, 1.82) is 0 Å². The second-order valence-electron chi connectivity index (χ2n) is 6.67. The first kappa shape index (κ1) is 20.5. The maximum absolute atomic E-state index is 13.5. The summed E-state index contributed by atoms with van der Waals surface area (Å²) in [5.74, 6) is -0.935. The standard InChI is InChI=1S/C22H19F3N2O2/c1-13-5-3-6-14(2)19(13)27-21(29)20-17(22(23,24)25)9-10-18(26-20)16-8-4-7-15(11-16)12-28/h3-11,28H,12H2,1-2H3,(H,27,29). The SMILES string of the molecule is Cc1cccc(C)c1NC(=O)c1nc(-c2cccc(CO)c2)ccc1C(F)(F)F. The number of benzene rings is 2. The molecule has 3 rings (SSSR count). The highest BCUT2D eigenvalue weighted by Crippen LogP contribution is 2.33. The van der Waals surface area contributed by atoms with Gasteiger partial charge in [-0.15, -0.1) is 0 Å². The fourth-order valence-corrected chi connectivity index (χ4v) is 3.04. The molecule has 0 fully saturated rings. The van der Waals surface area contributed by atoms with Gasteiger partial charge in [-0.25, -0.2) is 4.98 Å². The molecule has 2 N–H and O–H groups in total. The molecule has 150 valence electrons. The van der Waals surface area contributed by atoms with Gasteiger partial charge in [0.25, 0.3) is 5.91 Å². The van der Waals surface area contributed by atoms with Crippen LogP contribution in [0.1, 0.15) is 32.7 Å². The Labute approximate surface area is 166 Å². The third kappa shape index (κ3) is 4.46. The zero-order valence-corrected chi connectivity index (χ0v) is 15.8. The number of nitrogens with zero attached hydrogens (tertiary/aromatic N) is 1. The van der Waals surface area contributed by atoms with Crippen LogP contribution in [-0.2, 0) is 12.8 Å². The Balaban J connectivity index is 2.08. The van der Waals surface area contributed by atoms with Gasteiger partial charge in [-0.2, -0.15) is 13.2 Å². The highest BCUT2D eigenvalue weighted by atomic mass is 19.4. The summed E-state index contributed by atoms with van der Waals surface area (Å²) >= 11 is 0. The lowest BCUT2D eigenvalue weighted by molar-refractivity contribution is -0.138. The fourth-order valence-electron chi connectivity index (χ4n) is 3.04. The Bertz CT molecular complexity index is 1040. The number of hydrogen-bond donors (Lipinski definition) is 2. The maximum Gasteiger partial charge on any atom is 0.418 e. The van der Waals surface area contributed by atoms with Crippen molar-refractivity contribution >= 4 is 11.6 Å². The molecule has 0 saturated carbocycles. The molecule has 7 heteroatoms. The van der Waals surface area contributed by atoms with Crippen LogP contribution in [0.3, 0.4) is 0 Å². The minimum absolute atomic E-state index is 0.208. The number of anilines is 1. The van der Waals surface area contributed by atoms with Crippen LogP contribution in [0, 0.1) is 13.8 Å². The van der Waals surface area contributed by atoms with Gasteiger partial charge in [0, 0.05) is 11.3 Å². The number of alkyl halides is 3. The van der Waals surface area contributed by atoms with E-state index < -0.39 is 23.3 Å². The van der Waals surface area contributed by atoms with Gasteiger partial charge in [-0.3, -0.25) is 4.79 Å². The predicted octanol–water partition coefficient (Wildman–Crippen LogP) is 5.13. The van der Waals surface area contributed by atoms with E-state index in [0.717, 1.165) is 17.2 Å². The Hall–Kier alpha value is -3.19. The van der Waals surface area contributed by atoms with E-state index in [-0.39, 0.29) is 12.3 Å². The maximum atomic E-state index is 13.5. The average Bonchev–Trinajstić information content (AvgIpc) is 2.69. The lowest BCUT2D eigenvalue weighted by Crippen LogP contribution is -2.21. The molecule has 0 bridgehead atoms. The lowest BCUT2D eigenvalue weighted by Gasteiger charge is -2.16. The van der Waals surface area contributed by atoms with Gasteiger partial charge in [0.05, 0.1) is 17.9 Å². The molecule has 0 radical (unpaired) electrons. The van der Waals surface area contributed by atoms with E-state index in [1.54, 1.807) is 56.3 Å². The van der Waals surface area contributed by atoms with Crippen LogP contribution in [0.15, 0.2) is 54.6 Å². The van der Waals surface area contributed by atoms with Crippen molar-refractivity contribution in [2.45, 2.75) is 26.6 Å². The number of rotatable bonds is 4. The van der Waals surface area contributed by atoms with Crippen LogP contribution in [0.25, 0.3) is 11.3 Å². The molecule has 3 aromatic rings. The number of halogens is 3. The van der Waals surface area contributed by atoms with Crippen LogP contribution in [0.5, 0.6) is 0 Å². The van der Waals surface area contributed by atoms with Gasteiger partial charge < -0.3 is 10.4 Å². The number of para-hydroxylation sites is 1. The molecule has 1 amide bonds. The number of pyridine rings is 1. The first-order valence-electron chi connectivity index (χ1n) is 8.86. The van der Waals surface area contributed by atoms with Crippen LogP contribution < -0.4 is 5.32 Å². The molecule has 0 saturated heterocycles. The van der Waals surface area contributed by atoms with Gasteiger partial charge in [-0.05, 0) is 48.7 Å². The molecular formula is C22H19F3N2O2. The smallest absolute Gasteiger partial charge is 0.392 e. The minimum Gasteiger partial charge on any atom is -0.392 e. The van der Waals surface area contributed by atoms with Gasteiger partial charge >= 0.3 is 6.18 Å². The summed E-state index contributed by atoms with van der Waals surface area (Å²) in [7, 11) is 0. The minimum atomic E-state index is -4.73. The molecule has 1 heterocycles. The molecule has 0 aliphatic rings. The zero-order valence-electron chi connectivity index (χ0n) is 15.8. The Morgan fingerprint density at radius 1 is 1.03 bits per heavy atom. The molecule has 2 aromatic carbocycles. The van der Waals surface area contributed by atoms with Gasteiger partial charge in [-0.1, -0.05) is 36.4 Å². The number of aromatic nitrogens is 1. The zero-order chi connectivity index (χ0) is 21.2. The van der Waals surface area contributed by atoms with Gasteiger partial charge in [0.15, 0.2) is 0 Å². The van der Waals surface area contributed by atoms with E-state index >= 15 is 0 Å². The summed E-state index contributed by atoms with van der Waals surface area (Å²) in [6.45, 7) is 3.31. The number of aliphatic hydroxyl groups excluding tert-OH is 1. The highest BCUT2D eigenvalue weighted by molar-refractivity contribution is 6.05. The first-order chi connectivity index (χ1) is 13.7. The molecular weight excluding hydrogens is 381 g/mol. The highest BCUT2D eigenvalue weighted by Gasteiger charge is 2.36. The Morgan fingerprint density at radius 2 is 1.69 bits per heavy atom. The van der Waals surface area contributed by atoms with Gasteiger partial charge in [0.2, 0.25) is 0 Å². The number of nitrogens with one attached hydrogen (secondary N) is 1. The van der Waals surface area contributed by atoms with E-state index in [2.05, 4.69) is 10.3 Å². The molecule has 0 spiro atoms. The monoisotopic (exact) mass is 400 g/mol. The molecule has 0 unspecified atom stereocenters. The number of carbonyl (C=O) groups is 1. The third-order valence-corrected chi connectivity index (χ3v) is 4.54. The van der Waals surface area contributed by atoms with E-state index in [4.69, 9.17) is 0 Å². The Morgan fingerprint density at radius 3 is 2.31 bits per heavy atom. The summed E-state index contributed by atoms with van der Waals surface area (Å²) in [6.07, 6.45) is -4.73. The van der Waals surface area contributed by atoms with Crippen LogP contribution in [-0.4, -0.2) is 16.0 Å². The van der Waals surface area contributed by atoms with E-state index in [9.17, 15) is 23.1 Å². The predicted molar refractivity (Wildman–Crippen MR) is 104 cm³/mol. The number of aryl methyl sites for hydroxylation is 2. The van der Waals surface area contributed by atoms with Crippen molar-refractivity contribution in [2.75, 3.05) is 5.32 Å². The van der Waals surface area contributed by atoms with E-state index in [0.29, 0.717) is 16.8 Å². The van der Waals surface area contributed by atoms with Crippen molar-refractivity contribution in [3.8, 4) is 11.3 Å². The molecule has 0 aliphatic carbocycles. The summed E-state index contributed by atoms with van der Waals surface area (Å²) in [5, 5.41) is 11.9. The van der Waals surface area contributed by atoms with Crippen molar-refractivity contribution < 1.29 is 23.1 Å². The van der Waals surface area contributed by atoms with Crippen molar-refractivity contribution in [2.24, 2.45) is 0 Å². The van der Waals surface area contributed by atoms with E-state index in [1.165, 1.54) is 6.07 Å². The van der Waals surface area contributed by atoms with Gasteiger partial charge in [0.1, 0.15) is 5.69 Å². The Kier molecular flexibility index (Phi) is 5.70. The molecule has 29 heavy (non-hydrogen) atoms. The summed E-state index contributed by atoms with van der Waals surface area (Å²) in [6, 6.07) is 14.0. The van der Waals surface area contributed by atoms with Crippen molar-refractivity contribution in [3.63, 3.8) is 0 Å². The molecule has 4 nitrogen and oxygen atoms in total. The fraction of sp³-hybridized carbons (Fsp3) is 0.182. The molecule has 1 aromatic heterocycles. The number of aliphatic hydroxyl groups is 1. The van der Waals surface area contributed by atoms with Crippen LogP contribution in [0.4, 0.5) is 18.9 Å². The first-order valence-corrected chi connectivity index (χ1v) is 8.86. The quantitative estimate of drug-likeness (QED) is 0.638. The summed E-state index contributed by atoms with van der Waals surface area (Å²) in [5.41, 5.74) is 1.42. The second-order valence-corrected chi connectivity index (χ2v) is 6.67. The third-order valence-electron chi connectivity index (χ3n) is 4.54. The number of amides is 1.